The molecule has 0 aliphatic rings. The van der Waals surface area contributed by atoms with Crippen molar-refractivity contribution in [3.8, 4) is 0 Å². The summed E-state index contributed by atoms with van der Waals surface area (Å²) in [6.07, 6.45) is 0. The van der Waals surface area contributed by atoms with Crippen molar-refractivity contribution in [3.05, 3.63) is 35.6 Å². The lowest BCUT2D eigenvalue weighted by molar-refractivity contribution is 0.310. The van der Waals surface area contributed by atoms with E-state index in [-0.39, 0.29) is 5.54 Å². The van der Waals surface area contributed by atoms with Gasteiger partial charge in [0.25, 0.3) is 0 Å². The monoisotopic (exact) mass is 274 g/mol. The van der Waals surface area contributed by atoms with Crippen LogP contribution in [0.2, 0.25) is 0 Å². The van der Waals surface area contributed by atoms with Crippen molar-refractivity contribution < 1.29 is 4.42 Å². The third kappa shape index (κ3) is 3.62. The van der Waals surface area contributed by atoms with E-state index >= 15 is 0 Å². The molecule has 1 aromatic heterocycles. The largest absolute Gasteiger partial charge is 0.459 e. The Morgan fingerprint density at radius 2 is 1.90 bits per heavy atom. The number of hydrogen-bond donors (Lipinski definition) is 1. The second-order valence-corrected chi connectivity index (χ2v) is 6.43. The van der Waals surface area contributed by atoms with E-state index in [0.717, 1.165) is 31.0 Å². The van der Waals surface area contributed by atoms with Crippen LogP contribution in [-0.2, 0) is 13.1 Å². The van der Waals surface area contributed by atoms with Gasteiger partial charge in [-0.2, -0.15) is 0 Å². The van der Waals surface area contributed by atoms with Gasteiger partial charge in [-0.3, -0.25) is 4.90 Å². The molecule has 0 aliphatic carbocycles. The first-order valence-electron chi connectivity index (χ1n) is 7.33. The van der Waals surface area contributed by atoms with Gasteiger partial charge in [0.2, 0.25) is 0 Å². The second kappa shape index (κ2) is 5.98. The lowest BCUT2D eigenvalue weighted by Gasteiger charge is -2.21. The average molecular weight is 274 g/mol. The highest BCUT2D eigenvalue weighted by Gasteiger charge is 2.17. The number of rotatable bonds is 5. The Kier molecular flexibility index (Phi) is 4.51. The summed E-state index contributed by atoms with van der Waals surface area (Å²) in [4.78, 5) is 2.26. The fraction of sp³-hybridized carbons (Fsp3) is 0.529. The van der Waals surface area contributed by atoms with Crippen LogP contribution in [0, 0.1) is 0 Å². The van der Waals surface area contributed by atoms with Crippen molar-refractivity contribution in [2.45, 2.75) is 46.3 Å². The molecule has 0 bridgehead atoms. The molecule has 2 aromatic rings. The van der Waals surface area contributed by atoms with E-state index in [0.29, 0.717) is 0 Å². The Hall–Kier alpha value is -1.32. The van der Waals surface area contributed by atoms with Crippen molar-refractivity contribution in [1.82, 2.24) is 10.2 Å². The van der Waals surface area contributed by atoms with Crippen LogP contribution in [-0.4, -0.2) is 24.0 Å². The van der Waals surface area contributed by atoms with Gasteiger partial charge in [0.15, 0.2) is 0 Å². The van der Waals surface area contributed by atoms with Gasteiger partial charge in [-0.05, 0) is 40.4 Å². The van der Waals surface area contributed by atoms with Crippen LogP contribution in [0.4, 0.5) is 0 Å². The Balaban J connectivity index is 2.34. The first kappa shape index (κ1) is 15.1. The highest BCUT2D eigenvalue weighted by atomic mass is 16.3. The molecule has 1 aromatic carbocycles. The summed E-state index contributed by atoms with van der Waals surface area (Å²) in [5, 5.41) is 4.80. The maximum atomic E-state index is 6.06. The van der Waals surface area contributed by atoms with E-state index in [1.807, 2.05) is 12.1 Å². The smallest absolute Gasteiger partial charge is 0.134 e. The number of hydrogen-bond acceptors (Lipinski definition) is 3. The quantitative estimate of drug-likeness (QED) is 0.899. The summed E-state index contributed by atoms with van der Waals surface area (Å²) >= 11 is 0. The normalized spacial score (nSPS) is 12.5. The molecule has 1 heterocycles. The third-order valence-corrected chi connectivity index (χ3v) is 3.53. The van der Waals surface area contributed by atoms with Crippen LogP contribution in [0.5, 0.6) is 0 Å². The summed E-state index contributed by atoms with van der Waals surface area (Å²) in [7, 11) is 2.12. The molecule has 2 rings (SSSR count). The summed E-state index contributed by atoms with van der Waals surface area (Å²) in [6.45, 7) is 11.4. The molecule has 0 radical (unpaired) electrons. The SMILES string of the molecule is CCN(C)Cc1oc2ccccc2c1CNC(C)(C)C. The van der Waals surface area contributed by atoms with Gasteiger partial charge in [0.1, 0.15) is 11.3 Å². The van der Waals surface area contributed by atoms with Crippen molar-refractivity contribution >= 4 is 11.0 Å². The van der Waals surface area contributed by atoms with Crippen molar-refractivity contribution in [2.75, 3.05) is 13.6 Å². The molecule has 110 valence electrons. The van der Waals surface area contributed by atoms with Crippen LogP contribution in [0.1, 0.15) is 39.0 Å². The molecular formula is C17H26N2O. The van der Waals surface area contributed by atoms with E-state index < -0.39 is 0 Å². The Morgan fingerprint density at radius 1 is 1.20 bits per heavy atom. The van der Waals surface area contributed by atoms with E-state index in [4.69, 9.17) is 4.42 Å². The third-order valence-electron chi connectivity index (χ3n) is 3.53. The Labute approximate surface area is 122 Å². The first-order chi connectivity index (χ1) is 9.40. The van der Waals surface area contributed by atoms with E-state index in [1.165, 1.54) is 10.9 Å². The summed E-state index contributed by atoms with van der Waals surface area (Å²) in [5.74, 6) is 1.08. The number of benzene rings is 1. The van der Waals surface area contributed by atoms with Crippen LogP contribution in [0.15, 0.2) is 28.7 Å². The first-order valence-corrected chi connectivity index (χ1v) is 7.33. The second-order valence-electron chi connectivity index (χ2n) is 6.43. The fourth-order valence-electron chi connectivity index (χ4n) is 2.18. The fourth-order valence-corrected chi connectivity index (χ4v) is 2.18. The molecule has 1 N–H and O–H groups in total. The number of fused-ring (bicyclic) bond motifs is 1. The minimum Gasteiger partial charge on any atom is -0.459 e. The van der Waals surface area contributed by atoms with Crippen LogP contribution in [0.25, 0.3) is 11.0 Å². The molecule has 0 unspecified atom stereocenters. The highest BCUT2D eigenvalue weighted by molar-refractivity contribution is 5.82. The highest BCUT2D eigenvalue weighted by Crippen LogP contribution is 2.27. The summed E-state index contributed by atoms with van der Waals surface area (Å²) in [5.41, 5.74) is 2.38. The van der Waals surface area contributed by atoms with Gasteiger partial charge in [-0.15, -0.1) is 0 Å². The molecule has 3 heteroatoms. The average Bonchev–Trinajstić information content (AvgIpc) is 2.72. The van der Waals surface area contributed by atoms with Gasteiger partial charge in [-0.1, -0.05) is 25.1 Å². The zero-order valence-corrected chi connectivity index (χ0v) is 13.3. The minimum absolute atomic E-state index is 0.103. The Bertz CT molecular complexity index is 566. The van der Waals surface area contributed by atoms with Crippen LogP contribution in [0.3, 0.4) is 0 Å². The number of furan rings is 1. The Morgan fingerprint density at radius 3 is 2.55 bits per heavy atom. The predicted molar refractivity (Wildman–Crippen MR) is 84.8 cm³/mol. The topological polar surface area (TPSA) is 28.4 Å². The van der Waals surface area contributed by atoms with Gasteiger partial charge in [0.05, 0.1) is 6.54 Å². The molecule has 20 heavy (non-hydrogen) atoms. The molecule has 0 fully saturated rings. The number of nitrogens with zero attached hydrogens (tertiary/aromatic N) is 1. The standard InChI is InChI=1S/C17H26N2O/c1-6-19(5)12-16-14(11-18-17(2,3)4)13-9-7-8-10-15(13)20-16/h7-10,18H,6,11-12H2,1-5H3. The van der Waals surface area contributed by atoms with E-state index in [2.05, 4.69) is 57.1 Å². The molecule has 0 amide bonds. The lowest BCUT2D eigenvalue weighted by atomic mass is 10.1. The van der Waals surface area contributed by atoms with E-state index in [9.17, 15) is 0 Å². The van der Waals surface area contributed by atoms with E-state index in [1.54, 1.807) is 0 Å². The maximum Gasteiger partial charge on any atom is 0.134 e. The van der Waals surface area contributed by atoms with Gasteiger partial charge in [-0.25, -0.2) is 0 Å². The summed E-state index contributed by atoms with van der Waals surface area (Å²) < 4.78 is 6.06. The molecule has 0 atom stereocenters. The molecule has 0 saturated heterocycles. The van der Waals surface area contributed by atoms with Gasteiger partial charge >= 0.3 is 0 Å². The van der Waals surface area contributed by atoms with Gasteiger partial charge in [0, 0.05) is 23.0 Å². The molecular weight excluding hydrogens is 248 g/mol. The van der Waals surface area contributed by atoms with Crippen molar-refractivity contribution in [1.29, 1.82) is 0 Å². The van der Waals surface area contributed by atoms with Crippen molar-refractivity contribution in [2.24, 2.45) is 0 Å². The zero-order chi connectivity index (χ0) is 14.8. The van der Waals surface area contributed by atoms with Crippen molar-refractivity contribution in [3.63, 3.8) is 0 Å². The molecule has 0 aliphatic heterocycles. The summed E-state index contributed by atoms with van der Waals surface area (Å²) in [6, 6.07) is 8.30. The minimum atomic E-state index is 0.103. The van der Waals surface area contributed by atoms with Gasteiger partial charge < -0.3 is 9.73 Å². The lowest BCUT2D eigenvalue weighted by Crippen LogP contribution is -2.35. The molecule has 0 spiro atoms. The zero-order valence-electron chi connectivity index (χ0n) is 13.3. The number of para-hydroxylation sites is 1. The van der Waals surface area contributed by atoms with Crippen LogP contribution >= 0.6 is 0 Å². The predicted octanol–water partition coefficient (Wildman–Crippen LogP) is 3.77. The number of nitrogens with one attached hydrogen (secondary N) is 1. The van der Waals surface area contributed by atoms with Crippen LogP contribution < -0.4 is 5.32 Å². The molecule has 0 saturated carbocycles. The maximum absolute atomic E-state index is 6.06. The molecule has 3 nitrogen and oxygen atoms in total.